The van der Waals surface area contributed by atoms with Crippen LogP contribution in [-0.2, 0) is 9.53 Å². The van der Waals surface area contributed by atoms with Crippen LogP contribution in [0.2, 0.25) is 0 Å². The topological polar surface area (TPSA) is 73.6 Å². The molecule has 5 heteroatoms. The molecule has 5 nitrogen and oxygen atoms in total. The summed E-state index contributed by atoms with van der Waals surface area (Å²) in [7, 11) is 1.62. The number of nitrogens with two attached hydrogens (primary N) is 1. The lowest BCUT2D eigenvalue weighted by molar-refractivity contribution is -0.119. The third-order valence-electron chi connectivity index (χ3n) is 3.16. The number of aryl methyl sites for hydroxylation is 1. The molecular weight excluding hydrogens is 268 g/mol. The van der Waals surface area contributed by atoms with Gasteiger partial charge in [0.05, 0.1) is 18.3 Å². The largest absolute Gasteiger partial charge is 0.489 e. The molecule has 1 aromatic carbocycles. The van der Waals surface area contributed by atoms with Crippen molar-refractivity contribution in [2.75, 3.05) is 25.6 Å². The second-order valence-electron chi connectivity index (χ2n) is 6.17. The van der Waals surface area contributed by atoms with Crippen LogP contribution in [0.25, 0.3) is 0 Å². The lowest BCUT2D eigenvalue weighted by Gasteiger charge is -2.26. The minimum atomic E-state index is -0.592. The Labute approximate surface area is 126 Å². The number of hydrogen-bond donors (Lipinski definition) is 2. The van der Waals surface area contributed by atoms with Gasteiger partial charge in [-0.3, -0.25) is 4.79 Å². The van der Waals surface area contributed by atoms with Gasteiger partial charge in [0.1, 0.15) is 12.4 Å². The van der Waals surface area contributed by atoms with Crippen LogP contribution >= 0.6 is 0 Å². The number of benzene rings is 1. The highest BCUT2D eigenvalue weighted by Crippen LogP contribution is 2.27. The maximum atomic E-state index is 12.2. The SMILES string of the molecule is COCCOc1cc(C)ccc1NC(=O)C(N)C(C)(C)C. The van der Waals surface area contributed by atoms with Gasteiger partial charge in [-0.05, 0) is 30.0 Å². The first-order valence-corrected chi connectivity index (χ1v) is 7.04. The molecular formula is C16H26N2O3. The van der Waals surface area contributed by atoms with E-state index >= 15 is 0 Å². The van der Waals surface area contributed by atoms with Gasteiger partial charge in [0.2, 0.25) is 5.91 Å². The Balaban J connectivity index is 2.84. The molecule has 0 aromatic heterocycles. The van der Waals surface area contributed by atoms with Crippen LogP contribution in [0.4, 0.5) is 5.69 Å². The van der Waals surface area contributed by atoms with Crippen molar-refractivity contribution < 1.29 is 14.3 Å². The summed E-state index contributed by atoms with van der Waals surface area (Å²) in [5.74, 6) is 0.407. The lowest BCUT2D eigenvalue weighted by atomic mass is 9.87. The van der Waals surface area contributed by atoms with E-state index in [0.29, 0.717) is 24.7 Å². The van der Waals surface area contributed by atoms with Gasteiger partial charge in [-0.1, -0.05) is 26.8 Å². The Morgan fingerprint density at radius 3 is 2.57 bits per heavy atom. The molecule has 0 saturated heterocycles. The quantitative estimate of drug-likeness (QED) is 0.790. The van der Waals surface area contributed by atoms with E-state index in [4.69, 9.17) is 15.2 Å². The fourth-order valence-electron chi connectivity index (χ4n) is 1.69. The van der Waals surface area contributed by atoms with Gasteiger partial charge >= 0.3 is 0 Å². The predicted octanol–water partition coefficient (Wildman–Crippen LogP) is 2.33. The Hall–Kier alpha value is -1.59. The van der Waals surface area contributed by atoms with Gasteiger partial charge < -0.3 is 20.5 Å². The van der Waals surface area contributed by atoms with Crippen LogP contribution in [0.1, 0.15) is 26.3 Å². The minimum absolute atomic E-state index is 0.219. The molecule has 0 radical (unpaired) electrons. The molecule has 0 saturated carbocycles. The summed E-state index contributed by atoms with van der Waals surface area (Å²) < 4.78 is 10.6. The Morgan fingerprint density at radius 2 is 2.00 bits per heavy atom. The molecule has 0 aliphatic heterocycles. The number of nitrogens with one attached hydrogen (secondary N) is 1. The molecule has 118 valence electrons. The van der Waals surface area contributed by atoms with Crippen molar-refractivity contribution in [2.24, 2.45) is 11.1 Å². The molecule has 0 fully saturated rings. The summed E-state index contributed by atoms with van der Waals surface area (Å²) in [6.45, 7) is 8.68. The van der Waals surface area contributed by atoms with Crippen LogP contribution in [0, 0.1) is 12.3 Å². The zero-order chi connectivity index (χ0) is 16.0. The summed E-state index contributed by atoms with van der Waals surface area (Å²) in [6.07, 6.45) is 0. The molecule has 0 bridgehead atoms. The molecule has 1 unspecified atom stereocenters. The number of rotatable bonds is 6. The maximum absolute atomic E-state index is 12.2. The number of hydrogen-bond acceptors (Lipinski definition) is 4. The summed E-state index contributed by atoms with van der Waals surface area (Å²) in [6, 6.07) is 5.03. The Kier molecular flexibility index (Phi) is 6.18. The summed E-state index contributed by atoms with van der Waals surface area (Å²) in [4.78, 5) is 12.2. The molecule has 1 rings (SSSR count). The average molecular weight is 294 g/mol. The van der Waals surface area contributed by atoms with Crippen LogP contribution < -0.4 is 15.8 Å². The van der Waals surface area contributed by atoms with Crippen molar-refractivity contribution in [3.8, 4) is 5.75 Å². The first-order valence-electron chi connectivity index (χ1n) is 7.04. The van der Waals surface area contributed by atoms with Gasteiger partial charge in [0, 0.05) is 7.11 Å². The van der Waals surface area contributed by atoms with Crippen molar-refractivity contribution in [1.82, 2.24) is 0 Å². The van der Waals surface area contributed by atoms with E-state index in [9.17, 15) is 4.79 Å². The number of ether oxygens (including phenoxy) is 2. The highest BCUT2D eigenvalue weighted by atomic mass is 16.5. The van der Waals surface area contributed by atoms with Crippen LogP contribution in [0.15, 0.2) is 18.2 Å². The molecule has 1 aromatic rings. The van der Waals surface area contributed by atoms with E-state index in [1.54, 1.807) is 7.11 Å². The van der Waals surface area contributed by atoms with E-state index in [2.05, 4.69) is 5.32 Å². The number of anilines is 1. The van der Waals surface area contributed by atoms with Crippen LogP contribution in [-0.4, -0.2) is 32.3 Å². The molecule has 0 heterocycles. The normalized spacial score (nSPS) is 12.9. The number of carbonyl (C=O) groups is 1. The lowest BCUT2D eigenvalue weighted by Crippen LogP contribution is -2.45. The van der Waals surface area contributed by atoms with Gasteiger partial charge in [-0.2, -0.15) is 0 Å². The van der Waals surface area contributed by atoms with E-state index in [1.165, 1.54) is 0 Å². The Morgan fingerprint density at radius 1 is 1.33 bits per heavy atom. The zero-order valence-corrected chi connectivity index (χ0v) is 13.5. The fraction of sp³-hybridized carbons (Fsp3) is 0.562. The molecule has 0 spiro atoms. The first-order chi connectivity index (χ1) is 9.75. The van der Waals surface area contributed by atoms with Crippen LogP contribution in [0.3, 0.4) is 0 Å². The predicted molar refractivity (Wildman–Crippen MR) is 84.6 cm³/mol. The number of carbonyl (C=O) groups excluding carboxylic acids is 1. The van der Waals surface area contributed by atoms with E-state index in [-0.39, 0.29) is 11.3 Å². The van der Waals surface area contributed by atoms with Crippen molar-refractivity contribution in [2.45, 2.75) is 33.7 Å². The van der Waals surface area contributed by atoms with Gasteiger partial charge in [0.15, 0.2) is 0 Å². The van der Waals surface area contributed by atoms with E-state index in [1.807, 2.05) is 45.9 Å². The molecule has 0 aliphatic carbocycles. The highest BCUT2D eigenvalue weighted by molar-refractivity contribution is 5.96. The van der Waals surface area contributed by atoms with E-state index < -0.39 is 6.04 Å². The molecule has 3 N–H and O–H groups in total. The summed E-state index contributed by atoms with van der Waals surface area (Å²) in [5, 5.41) is 2.84. The summed E-state index contributed by atoms with van der Waals surface area (Å²) >= 11 is 0. The standard InChI is InChI=1S/C16H26N2O3/c1-11-6-7-12(13(10-11)21-9-8-20-5)18-15(19)14(17)16(2,3)4/h6-7,10,14H,8-9,17H2,1-5H3,(H,18,19). The minimum Gasteiger partial charge on any atom is -0.489 e. The van der Waals surface area contributed by atoms with Crippen molar-refractivity contribution in [1.29, 1.82) is 0 Å². The van der Waals surface area contributed by atoms with Crippen molar-refractivity contribution in [3.05, 3.63) is 23.8 Å². The molecule has 0 aliphatic rings. The second kappa shape index (κ2) is 7.43. The Bertz CT molecular complexity index is 481. The molecule has 1 amide bonds. The maximum Gasteiger partial charge on any atom is 0.241 e. The fourth-order valence-corrected chi connectivity index (χ4v) is 1.69. The molecule has 21 heavy (non-hydrogen) atoms. The van der Waals surface area contributed by atoms with E-state index in [0.717, 1.165) is 5.56 Å². The average Bonchev–Trinajstić information content (AvgIpc) is 2.40. The smallest absolute Gasteiger partial charge is 0.241 e. The third kappa shape index (κ3) is 5.36. The zero-order valence-electron chi connectivity index (χ0n) is 13.5. The van der Waals surface area contributed by atoms with Crippen LogP contribution in [0.5, 0.6) is 5.75 Å². The van der Waals surface area contributed by atoms with Crippen molar-refractivity contribution >= 4 is 11.6 Å². The highest BCUT2D eigenvalue weighted by Gasteiger charge is 2.27. The van der Waals surface area contributed by atoms with Gasteiger partial charge in [0.25, 0.3) is 0 Å². The first kappa shape index (κ1) is 17.5. The summed E-state index contributed by atoms with van der Waals surface area (Å²) in [5.41, 5.74) is 7.35. The van der Waals surface area contributed by atoms with Crippen molar-refractivity contribution in [3.63, 3.8) is 0 Å². The van der Waals surface area contributed by atoms with Gasteiger partial charge in [-0.25, -0.2) is 0 Å². The third-order valence-corrected chi connectivity index (χ3v) is 3.16. The van der Waals surface area contributed by atoms with Gasteiger partial charge in [-0.15, -0.1) is 0 Å². The monoisotopic (exact) mass is 294 g/mol. The number of methoxy groups -OCH3 is 1. The molecule has 1 atom stereocenters. The number of amides is 1. The second-order valence-corrected chi connectivity index (χ2v) is 6.17.